The van der Waals surface area contributed by atoms with Crippen molar-refractivity contribution in [2.24, 2.45) is 5.92 Å². The van der Waals surface area contributed by atoms with Gasteiger partial charge in [0, 0.05) is 12.6 Å². The number of nitrogens with one attached hydrogen (secondary N) is 1. The summed E-state index contributed by atoms with van der Waals surface area (Å²) in [6.45, 7) is 8.04. The molecule has 0 aliphatic heterocycles. The Morgan fingerprint density at radius 3 is 2.64 bits per heavy atom. The van der Waals surface area contributed by atoms with Gasteiger partial charge >= 0.3 is 0 Å². The second-order valence-corrected chi connectivity index (χ2v) is 6.42. The molecule has 0 spiro atoms. The summed E-state index contributed by atoms with van der Waals surface area (Å²) < 4.78 is 11.0. The van der Waals surface area contributed by atoms with Crippen molar-refractivity contribution in [3.8, 4) is 5.75 Å². The second-order valence-electron chi connectivity index (χ2n) is 6.42. The number of rotatable bonds is 8. The van der Waals surface area contributed by atoms with Crippen molar-refractivity contribution in [1.29, 1.82) is 0 Å². The molecule has 136 valence electrons. The third-order valence-electron chi connectivity index (χ3n) is 4.25. The molecule has 2 N–H and O–H groups in total. The maximum atomic E-state index is 12.6. The van der Waals surface area contributed by atoms with E-state index in [2.05, 4.69) is 10.5 Å². The Balaban J connectivity index is 2.12. The van der Waals surface area contributed by atoms with Crippen molar-refractivity contribution in [3.05, 3.63) is 46.8 Å². The summed E-state index contributed by atoms with van der Waals surface area (Å²) in [5.41, 5.74) is 2.13. The molecule has 0 fully saturated rings. The topological polar surface area (TPSA) is 84.6 Å². The van der Waals surface area contributed by atoms with E-state index in [4.69, 9.17) is 9.26 Å². The Morgan fingerprint density at radius 2 is 2.04 bits per heavy atom. The maximum Gasteiger partial charge on any atom is 0.255 e. The van der Waals surface area contributed by atoms with Crippen LogP contribution in [0.25, 0.3) is 0 Å². The van der Waals surface area contributed by atoms with E-state index in [1.165, 1.54) is 0 Å². The molecule has 0 saturated carbocycles. The predicted molar refractivity (Wildman–Crippen MR) is 94.5 cm³/mol. The minimum absolute atomic E-state index is 0.0350. The number of amides is 1. The molecule has 2 aromatic rings. The number of ether oxygens (including phenoxy) is 1. The van der Waals surface area contributed by atoms with Gasteiger partial charge < -0.3 is 19.7 Å². The highest BCUT2D eigenvalue weighted by Crippen LogP contribution is 2.22. The van der Waals surface area contributed by atoms with Crippen molar-refractivity contribution in [3.63, 3.8) is 0 Å². The number of para-hydroxylation sites is 1. The Bertz CT molecular complexity index is 690. The van der Waals surface area contributed by atoms with Gasteiger partial charge in [0.15, 0.2) is 0 Å². The first kappa shape index (κ1) is 19.0. The van der Waals surface area contributed by atoms with E-state index in [9.17, 15) is 9.90 Å². The number of hydrogen-bond acceptors (Lipinski definition) is 5. The molecule has 0 aliphatic carbocycles. The fourth-order valence-corrected chi connectivity index (χ4v) is 2.60. The number of hydrogen-bond donors (Lipinski definition) is 2. The minimum Gasteiger partial charge on any atom is -0.488 e. The van der Waals surface area contributed by atoms with Crippen LogP contribution in [0.4, 0.5) is 0 Å². The molecule has 0 saturated heterocycles. The van der Waals surface area contributed by atoms with Crippen molar-refractivity contribution >= 4 is 5.91 Å². The molecule has 1 unspecified atom stereocenters. The fraction of sp³-hybridized carbons (Fsp3) is 0.474. The zero-order valence-electron chi connectivity index (χ0n) is 15.2. The average molecular weight is 346 g/mol. The van der Waals surface area contributed by atoms with Crippen LogP contribution in [-0.2, 0) is 6.61 Å². The molecule has 0 bridgehead atoms. The molecular formula is C19H26N2O4. The van der Waals surface area contributed by atoms with Crippen LogP contribution in [0.2, 0.25) is 0 Å². The minimum atomic E-state index is -0.207. The summed E-state index contributed by atoms with van der Waals surface area (Å²) in [6.07, 6.45) is 0.519. The highest BCUT2D eigenvalue weighted by atomic mass is 16.5. The second kappa shape index (κ2) is 8.67. The lowest BCUT2D eigenvalue weighted by atomic mass is 10.0. The van der Waals surface area contributed by atoms with Gasteiger partial charge in [0.05, 0.1) is 16.8 Å². The number of carbonyl (C=O) groups is 1. The first-order valence-corrected chi connectivity index (χ1v) is 8.49. The number of aromatic nitrogens is 1. The van der Waals surface area contributed by atoms with Crippen LogP contribution in [0.3, 0.4) is 0 Å². The zero-order chi connectivity index (χ0) is 18.4. The Labute approximate surface area is 148 Å². The molecule has 1 atom stereocenters. The Morgan fingerprint density at radius 1 is 1.32 bits per heavy atom. The van der Waals surface area contributed by atoms with E-state index in [0.29, 0.717) is 23.5 Å². The standard InChI is InChI=1S/C19H26N2O4/c1-12(2)17(9-10-22)20-19(23)15-7-5-6-8-18(15)24-11-16-13(3)21-25-14(16)4/h5-8,12,17,22H,9-11H2,1-4H3,(H,20,23). The van der Waals surface area contributed by atoms with Gasteiger partial charge in [-0.05, 0) is 38.3 Å². The number of nitrogens with zero attached hydrogens (tertiary/aromatic N) is 1. The molecule has 0 aliphatic rings. The normalized spacial score (nSPS) is 12.2. The molecule has 1 heterocycles. The predicted octanol–water partition coefficient (Wildman–Crippen LogP) is 3.01. The summed E-state index contributed by atoms with van der Waals surface area (Å²) in [6, 6.07) is 7.03. The van der Waals surface area contributed by atoms with Gasteiger partial charge in [-0.1, -0.05) is 31.1 Å². The lowest BCUT2D eigenvalue weighted by molar-refractivity contribution is 0.0912. The van der Waals surface area contributed by atoms with Gasteiger partial charge in [-0.3, -0.25) is 4.79 Å². The van der Waals surface area contributed by atoms with E-state index < -0.39 is 0 Å². The van der Waals surface area contributed by atoms with Gasteiger partial charge in [-0.25, -0.2) is 0 Å². The zero-order valence-corrected chi connectivity index (χ0v) is 15.2. The van der Waals surface area contributed by atoms with Crippen molar-refractivity contribution in [2.45, 2.75) is 46.8 Å². The van der Waals surface area contributed by atoms with Crippen molar-refractivity contribution in [2.75, 3.05) is 6.61 Å². The van der Waals surface area contributed by atoms with E-state index in [1.807, 2.05) is 33.8 Å². The molecule has 6 heteroatoms. The van der Waals surface area contributed by atoms with Crippen LogP contribution < -0.4 is 10.1 Å². The van der Waals surface area contributed by atoms with Gasteiger partial charge in [-0.15, -0.1) is 0 Å². The third kappa shape index (κ3) is 4.82. The van der Waals surface area contributed by atoms with Crippen molar-refractivity contribution in [1.82, 2.24) is 10.5 Å². The SMILES string of the molecule is Cc1noc(C)c1COc1ccccc1C(=O)NC(CCO)C(C)C. The largest absolute Gasteiger partial charge is 0.488 e. The van der Waals surface area contributed by atoms with Crippen molar-refractivity contribution < 1.29 is 19.2 Å². The summed E-state index contributed by atoms with van der Waals surface area (Å²) in [5, 5.41) is 16.1. The summed E-state index contributed by atoms with van der Waals surface area (Å²) in [4.78, 5) is 12.6. The third-order valence-corrected chi connectivity index (χ3v) is 4.25. The Kier molecular flexibility index (Phi) is 6.58. The van der Waals surface area contributed by atoms with Crippen LogP contribution in [0, 0.1) is 19.8 Å². The number of aliphatic hydroxyl groups is 1. The molecule has 6 nitrogen and oxygen atoms in total. The summed E-state index contributed by atoms with van der Waals surface area (Å²) >= 11 is 0. The summed E-state index contributed by atoms with van der Waals surface area (Å²) in [5.74, 6) is 1.24. The first-order chi connectivity index (χ1) is 11.9. The van der Waals surface area contributed by atoms with Gasteiger partial charge in [-0.2, -0.15) is 0 Å². The Hall–Kier alpha value is -2.34. The molecule has 1 aromatic carbocycles. The molecule has 0 radical (unpaired) electrons. The molecule has 1 amide bonds. The number of carbonyl (C=O) groups excluding carboxylic acids is 1. The van der Waals surface area contributed by atoms with Gasteiger partial charge in [0.1, 0.15) is 18.1 Å². The highest BCUT2D eigenvalue weighted by molar-refractivity contribution is 5.97. The monoisotopic (exact) mass is 346 g/mol. The molecule has 1 aromatic heterocycles. The number of aliphatic hydroxyl groups excluding tert-OH is 1. The number of benzene rings is 1. The highest BCUT2D eigenvalue weighted by Gasteiger charge is 2.19. The van der Waals surface area contributed by atoms with E-state index in [-0.39, 0.29) is 31.1 Å². The quantitative estimate of drug-likeness (QED) is 0.767. The lowest BCUT2D eigenvalue weighted by Crippen LogP contribution is -2.39. The average Bonchev–Trinajstić information content (AvgIpc) is 2.91. The van der Waals surface area contributed by atoms with Crippen LogP contribution in [0.15, 0.2) is 28.8 Å². The molecule has 2 rings (SSSR count). The first-order valence-electron chi connectivity index (χ1n) is 8.49. The summed E-state index contributed by atoms with van der Waals surface area (Å²) in [7, 11) is 0. The smallest absolute Gasteiger partial charge is 0.255 e. The van der Waals surface area contributed by atoms with E-state index in [1.54, 1.807) is 18.2 Å². The van der Waals surface area contributed by atoms with Crippen LogP contribution in [0.1, 0.15) is 47.6 Å². The lowest BCUT2D eigenvalue weighted by Gasteiger charge is -2.22. The fourth-order valence-electron chi connectivity index (χ4n) is 2.60. The maximum absolute atomic E-state index is 12.6. The number of aryl methyl sites for hydroxylation is 2. The van der Waals surface area contributed by atoms with Gasteiger partial charge in [0.25, 0.3) is 5.91 Å². The van der Waals surface area contributed by atoms with Gasteiger partial charge in [0.2, 0.25) is 0 Å². The van der Waals surface area contributed by atoms with Crippen LogP contribution >= 0.6 is 0 Å². The van der Waals surface area contributed by atoms with E-state index >= 15 is 0 Å². The molecule has 25 heavy (non-hydrogen) atoms. The molecular weight excluding hydrogens is 320 g/mol. The van der Waals surface area contributed by atoms with Crippen LogP contribution in [-0.4, -0.2) is 28.8 Å². The van der Waals surface area contributed by atoms with Crippen LogP contribution in [0.5, 0.6) is 5.75 Å². The van der Waals surface area contributed by atoms with E-state index in [0.717, 1.165) is 11.3 Å².